The molecule has 84 valence electrons. The molecular formula is C10H8ClF2N3. The minimum Gasteiger partial charge on any atom is -0.383 e. The fourth-order valence-electron chi connectivity index (χ4n) is 1.33. The van der Waals surface area contributed by atoms with Crippen LogP contribution in [0.4, 0.5) is 14.6 Å². The second-order valence-electron chi connectivity index (χ2n) is 3.25. The predicted molar refractivity (Wildman–Crippen MR) is 57.1 cm³/mol. The van der Waals surface area contributed by atoms with Crippen molar-refractivity contribution in [1.29, 1.82) is 0 Å². The van der Waals surface area contributed by atoms with Gasteiger partial charge in [-0.05, 0) is 6.07 Å². The SMILES string of the molecule is Nc1c(Cl)cnn1Cc1cccc(F)c1F. The molecule has 0 radical (unpaired) electrons. The first kappa shape index (κ1) is 10.9. The Morgan fingerprint density at radius 2 is 2.12 bits per heavy atom. The summed E-state index contributed by atoms with van der Waals surface area (Å²) in [6.07, 6.45) is 1.36. The monoisotopic (exact) mass is 243 g/mol. The summed E-state index contributed by atoms with van der Waals surface area (Å²) in [6, 6.07) is 3.95. The van der Waals surface area contributed by atoms with Crippen LogP contribution >= 0.6 is 11.6 Å². The van der Waals surface area contributed by atoms with E-state index in [2.05, 4.69) is 5.10 Å². The van der Waals surface area contributed by atoms with Gasteiger partial charge >= 0.3 is 0 Å². The summed E-state index contributed by atoms with van der Waals surface area (Å²) in [6.45, 7) is 0.0438. The molecule has 0 amide bonds. The summed E-state index contributed by atoms with van der Waals surface area (Å²) >= 11 is 5.69. The van der Waals surface area contributed by atoms with E-state index in [-0.39, 0.29) is 22.9 Å². The molecule has 16 heavy (non-hydrogen) atoms. The van der Waals surface area contributed by atoms with Gasteiger partial charge in [-0.3, -0.25) is 0 Å². The molecule has 6 heteroatoms. The molecule has 0 bridgehead atoms. The molecule has 0 atom stereocenters. The van der Waals surface area contributed by atoms with Gasteiger partial charge in [-0.1, -0.05) is 23.7 Å². The van der Waals surface area contributed by atoms with Crippen molar-refractivity contribution in [3.8, 4) is 0 Å². The van der Waals surface area contributed by atoms with Crippen molar-refractivity contribution < 1.29 is 8.78 Å². The molecule has 0 aliphatic carbocycles. The lowest BCUT2D eigenvalue weighted by molar-refractivity contribution is 0.492. The Morgan fingerprint density at radius 1 is 1.38 bits per heavy atom. The third-order valence-corrected chi connectivity index (χ3v) is 2.48. The Bertz CT molecular complexity index is 525. The molecule has 1 heterocycles. The van der Waals surface area contributed by atoms with Gasteiger partial charge in [-0.2, -0.15) is 5.10 Å². The maximum atomic E-state index is 13.3. The molecule has 0 spiro atoms. The second kappa shape index (κ2) is 4.09. The fraction of sp³-hybridized carbons (Fsp3) is 0.100. The number of benzene rings is 1. The first-order chi connectivity index (χ1) is 7.59. The molecule has 0 aliphatic rings. The van der Waals surface area contributed by atoms with Crippen LogP contribution in [0.2, 0.25) is 5.02 Å². The van der Waals surface area contributed by atoms with E-state index in [9.17, 15) is 8.78 Å². The first-order valence-corrected chi connectivity index (χ1v) is 4.87. The zero-order chi connectivity index (χ0) is 11.7. The number of hydrogen-bond donors (Lipinski definition) is 1. The Labute approximate surface area is 95.4 Å². The zero-order valence-corrected chi connectivity index (χ0v) is 8.88. The Hall–Kier alpha value is -1.62. The Balaban J connectivity index is 2.34. The van der Waals surface area contributed by atoms with Gasteiger partial charge < -0.3 is 5.73 Å². The van der Waals surface area contributed by atoms with E-state index in [1.54, 1.807) is 0 Å². The molecule has 2 aromatic rings. The highest BCUT2D eigenvalue weighted by Gasteiger charge is 2.11. The average molecular weight is 244 g/mol. The minimum atomic E-state index is -0.895. The quantitative estimate of drug-likeness (QED) is 0.881. The number of aromatic nitrogens is 2. The number of nitrogens with zero attached hydrogens (tertiary/aromatic N) is 2. The van der Waals surface area contributed by atoms with Crippen molar-refractivity contribution in [3.63, 3.8) is 0 Å². The average Bonchev–Trinajstić information content (AvgIpc) is 2.57. The van der Waals surface area contributed by atoms with E-state index < -0.39 is 11.6 Å². The van der Waals surface area contributed by atoms with Gasteiger partial charge in [0.15, 0.2) is 11.6 Å². The van der Waals surface area contributed by atoms with E-state index in [0.717, 1.165) is 6.07 Å². The summed E-state index contributed by atoms with van der Waals surface area (Å²) in [5, 5.41) is 4.14. The van der Waals surface area contributed by atoms with Gasteiger partial charge in [-0.25, -0.2) is 13.5 Å². The van der Waals surface area contributed by atoms with Crippen molar-refractivity contribution in [2.75, 3.05) is 5.73 Å². The number of anilines is 1. The lowest BCUT2D eigenvalue weighted by Crippen LogP contribution is -2.08. The van der Waals surface area contributed by atoms with Gasteiger partial charge in [0.1, 0.15) is 10.8 Å². The second-order valence-corrected chi connectivity index (χ2v) is 3.66. The predicted octanol–water partition coefficient (Wildman–Crippen LogP) is 2.45. The van der Waals surface area contributed by atoms with Crippen LogP contribution in [0.15, 0.2) is 24.4 Å². The van der Waals surface area contributed by atoms with Crippen molar-refractivity contribution in [2.24, 2.45) is 0 Å². The fourth-order valence-corrected chi connectivity index (χ4v) is 1.47. The number of rotatable bonds is 2. The minimum absolute atomic E-state index is 0.0438. The van der Waals surface area contributed by atoms with Crippen LogP contribution in [0.1, 0.15) is 5.56 Å². The molecule has 0 saturated carbocycles. The number of nitrogen functional groups attached to an aromatic ring is 1. The molecular weight excluding hydrogens is 236 g/mol. The van der Waals surface area contributed by atoms with E-state index in [0.29, 0.717) is 0 Å². The standard InChI is InChI=1S/C10H8ClF2N3/c11-7-4-15-16(10(7)14)5-6-2-1-3-8(12)9(6)13/h1-4H,5,14H2. The maximum absolute atomic E-state index is 13.3. The van der Waals surface area contributed by atoms with Crippen molar-refractivity contribution in [1.82, 2.24) is 9.78 Å². The van der Waals surface area contributed by atoms with Crippen LogP contribution in [0, 0.1) is 11.6 Å². The largest absolute Gasteiger partial charge is 0.383 e. The van der Waals surface area contributed by atoms with Crippen LogP contribution < -0.4 is 5.73 Å². The van der Waals surface area contributed by atoms with E-state index in [4.69, 9.17) is 17.3 Å². The van der Waals surface area contributed by atoms with Crippen molar-refractivity contribution in [2.45, 2.75) is 6.54 Å². The molecule has 0 saturated heterocycles. The highest BCUT2D eigenvalue weighted by Crippen LogP contribution is 2.19. The normalized spacial score (nSPS) is 10.7. The summed E-state index contributed by atoms with van der Waals surface area (Å²) in [7, 11) is 0. The van der Waals surface area contributed by atoms with Gasteiger partial charge in [0.2, 0.25) is 0 Å². The van der Waals surface area contributed by atoms with Crippen LogP contribution in [0.5, 0.6) is 0 Å². The summed E-state index contributed by atoms with van der Waals surface area (Å²) < 4.78 is 27.6. The molecule has 0 aliphatic heterocycles. The van der Waals surface area contributed by atoms with Crippen LogP contribution in [-0.4, -0.2) is 9.78 Å². The summed E-state index contributed by atoms with van der Waals surface area (Å²) in [5.41, 5.74) is 5.76. The molecule has 2 rings (SSSR count). The smallest absolute Gasteiger partial charge is 0.163 e. The summed E-state index contributed by atoms with van der Waals surface area (Å²) in [5.74, 6) is -1.56. The summed E-state index contributed by atoms with van der Waals surface area (Å²) in [4.78, 5) is 0. The van der Waals surface area contributed by atoms with Crippen LogP contribution in [-0.2, 0) is 6.54 Å². The molecule has 0 fully saturated rings. The Kier molecular flexibility index (Phi) is 2.78. The van der Waals surface area contributed by atoms with E-state index in [1.165, 1.54) is 23.0 Å². The van der Waals surface area contributed by atoms with Crippen LogP contribution in [0.3, 0.4) is 0 Å². The van der Waals surface area contributed by atoms with Crippen molar-refractivity contribution in [3.05, 3.63) is 46.6 Å². The van der Waals surface area contributed by atoms with E-state index >= 15 is 0 Å². The zero-order valence-electron chi connectivity index (χ0n) is 8.12. The third-order valence-electron chi connectivity index (χ3n) is 2.18. The van der Waals surface area contributed by atoms with Gasteiger partial charge in [0, 0.05) is 5.56 Å². The molecule has 1 aromatic heterocycles. The van der Waals surface area contributed by atoms with E-state index in [1.807, 2.05) is 0 Å². The third kappa shape index (κ3) is 1.86. The lowest BCUT2D eigenvalue weighted by atomic mass is 10.2. The number of nitrogens with two attached hydrogens (primary N) is 1. The molecule has 3 nitrogen and oxygen atoms in total. The number of halogens is 3. The molecule has 0 unspecified atom stereocenters. The highest BCUT2D eigenvalue weighted by molar-refractivity contribution is 6.32. The maximum Gasteiger partial charge on any atom is 0.163 e. The first-order valence-electron chi connectivity index (χ1n) is 4.49. The Morgan fingerprint density at radius 3 is 2.75 bits per heavy atom. The molecule has 1 aromatic carbocycles. The van der Waals surface area contributed by atoms with Crippen LogP contribution in [0.25, 0.3) is 0 Å². The number of hydrogen-bond acceptors (Lipinski definition) is 2. The van der Waals surface area contributed by atoms with Gasteiger partial charge in [0.05, 0.1) is 12.7 Å². The highest BCUT2D eigenvalue weighted by atomic mass is 35.5. The van der Waals surface area contributed by atoms with Gasteiger partial charge in [0.25, 0.3) is 0 Å². The van der Waals surface area contributed by atoms with Gasteiger partial charge in [-0.15, -0.1) is 0 Å². The topological polar surface area (TPSA) is 43.8 Å². The lowest BCUT2D eigenvalue weighted by Gasteiger charge is -2.05. The molecule has 2 N–H and O–H groups in total. The van der Waals surface area contributed by atoms with Crippen molar-refractivity contribution >= 4 is 17.4 Å².